The molecule has 0 spiro atoms. The second-order valence-electron chi connectivity index (χ2n) is 4.71. The Balaban J connectivity index is 1.97. The van der Waals surface area contributed by atoms with Crippen molar-refractivity contribution in [3.8, 4) is 5.75 Å². The molecule has 0 aromatic heterocycles. The number of primary amides is 1. The van der Waals surface area contributed by atoms with Crippen molar-refractivity contribution >= 4 is 40.7 Å². The Hall–Kier alpha value is -2.24. The van der Waals surface area contributed by atoms with Crippen LogP contribution in [-0.2, 0) is 16.0 Å². The molecular weight excluding hydrogens is 339 g/mol. The number of ether oxygens (including phenoxy) is 1. The Morgan fingerprint density at radius 1 is 1.09 bits per heavy atom. The summed E-state index contributed by atoms with van der Waals surface area (Å²) in [6, 6.07) is 11.6. The van der Waals surface area contributed by atoms with Crippen molar-refractivity contribution in [2.75, 3.05) is 11.9 Å². The van der Waals surface area contributed by atoms with Crippen LogP contribution < -0.4 is 15.8 Å². The zero-order chi connectivity index (χ0) is 16.8. The Morgan fingerprint density at radius 2 is 1.83 bits per heavy atom. The Morgan fingerprint density at radius 3 is 2.52 bits per heavy atom. The van der Waals surface area contributed by atoms with Crippen LogP contribution in [0.3, 0.4) is 0 Å². The van der Waals surface area contributed by atoms with E-state index in [1.165, 1.54) is 6.07 Å². The highest BCUT2D eigenvalue weighted by Crippen LogP contribution is 2.26. The number of nitrogens with one attached hydrogen (secondary N) is 1. The molecule has 0 fully saturated rings. The van der Waals surface area contributed by atoms with Gasteiger partial charge in [-0.15, -0.1) is 0 Å². The van der Waals surface area contributed by atoms with E-state index in [0.717, 1.165) is 0 Å². The second-order valence-corrected chi connectivity index (χ2v) is 5.53. The molecule has 120 valence electrons. The van der Waals surface area contributed by atoms with Crippen LogP contribution in [0.2, 0.25) is 10.0 Å². The molecule has 2 aromatic carbocycles. The monoisotopic (exact) mass is 352 g/mol. The fourth-order valence-electron chi connectivity index (χ4n) is 1.89. The number of rotatable bonds is 6. The number of nitrogens with two attached hydrogens (primary N) is 1. The van der Waals surface area contributed by atoms with E-state index >= 15 is 0 Å². The highest BCUT2D eigenvalue weighted by atomic mass is 35.5. The van der Waals surface area contributed by atoms with Crippen molar-refractivity contribution in [3.63, 3.8) is 0 Å². The van der Waals surface area contributed by atoms with Crippen LogP contribution >= 0.6 is 23.2 Å². The molecular formula is C16H14Cl2N2O3. The zero-order valence-electron chi connectivity index (χ0n) is 12.0. The minimum Gasteiger partial charge on any atom is -0.484 e. The Bertz CT molecular complexity index is 735. The number of benzene rings is 2. The van der Waals surface area contributed by atoms with Gasteiger partial charge < -0.3 is 15.8 Å². The number of amides is 2. The predicted octanol–water partition coefficient (Wildman–Crippen LogP) is 3.04. The van der Waals surface area contributed by atoms with Crippen LogP contribution in [0.15, 0.2) is 42.5 Å². The first-order valence-electron chi connectivity index (χ1n) is 6.69. The van der Waals surface area contributed by atoms with Crippen LogP contribution in [0, 0.1) is 0 Å². The normalized spacial score (nSPS) is 10.2. The Labute approximate surface area is 143 Å². The maximum absolute atomic E-state index is 12.0. The van der Waals surface area contributed by atoms with Crippen molar-refractivity contribution in [2.45, 2.75) is 6.42 Å². The predicted molar refractivity (Wildman–Crippen MR) is 89.9 cm³/mol. The van der Waals surface area contributed by atoms with E-state index in [2.05, 4.69) is 5.32 Å². The quantitative estimate of drug-likeness (QED) is 0.838. The summed E-state index contributed by atoms with van der Waals surface area (Å²) in [6.07, 6.45) is 0.0457. The smallest absolute Gasteiger partial charge is 0.262 e. The summed E-state index contributed by atoms with van der Waals surface area (Å²) >= 11 is 11.7. The number of hydrogen-bond acceptors (Lipinski definition) is 3. The maximum atomic E-state index is 12.0. The molecule has 0 saturated carbocycles. The average Bonchev–Trinajstić information content (AvgIpc) is 2.50. The standard InChI is InChI=1S/C16H14Cl2N2O3/c17-12-6-5-11(8-13(12)18)23-9-16(22)20-14-4-2-1-3-10(14)7-15(19)21/h1-6,8H,7,9H2,(H2,19,21)(H,20,22). The van der Waals surface area contributed by atoms with Crippen LogP contribution in [0.4, 0.5) is 5.69 Å². The van der Waals surface area contributed by atoms with Gasteiger partial charge in [0.2, 0.25) is 5.91 Å². The first-order chi connectivity index (χ1) is 11.0. The summed E-state index contributed by atoms with van der Waals surface area (Å²) in [6.45, 7) is -0.205. The van der Waals surface area contributed by atoms with Crippen LogP contribution in [0.1, 0.15) is 5.56 Å². The summed E-state index contributed by atoms with van der Waals surface area (Å²) in [5.41, 5.74) is 6.35. The molecule has 0 radical (unpaired) electrons. The summed E-state index contributed by atoms with van der Waals surface area (Å²) in [5, 5.41) is 3.43. The van der Waals surface area contributed by atoms with Crippen molar-refractivity contribution in [1.29, 1.82) is 0 Å². The van der Waals surface area contributed by atoms with Gasteiger partial charge in [-0.1, -0.05) is 41.4 Å². The van der Waals surface area contributed by atoms with E-state index in [1.807, 2.05) is 0 Å². The van der Waals surface area contributed by atoms with E-state index in [1.54, 1.807) is 36.4 Å². The van der Waals surface area contributed by atoms with Crippen LogP contribution in [-0.4, -0.2) is 18.4 Å². The molecule has 0 aliphatic heterocycles. The zero-order valence-corrected chi connectivity index (χ0v) is 13.5. The molecule has 0 saturated heterocycles. The molecule has 3 N–H and O–H groups in total. The molecule has 23 heavy (non-hydrogen) atoms. The van der Waals surface area contributed by atoms with Crippen LogP contribution in [0.5, 0.6) is 5.75 Å². The average molecular weight is 353 g/mol. The van der Waals surface area contributed by atoms with Crippen molar-refractivity contribution in [2.24, 2.45) is 5.73 Å². The van der Waals surface area contributed by atoms with Gasteiger partial charge >= 0.3 is 0 Å². The lowest BCUT2D eigenvalue weighted by Gasteiger charge is -2.11. The van der Waals surface area contributed by atoms with E-state index in [4.69, 9.17) is 33.7 Å². The van der Waals surface area contributed by atoms with Gasteiger partial charge in [-0.05, 0) is 23.8 Å². The van der Waals surface area contributed by atoms with Gasteiger partial charge in [0.25, 0.3) is 5.91 Å². The van der Waals surface area contributed by atoms with E-state index in [-0.39, 0.29) is 18.9 Å². The van der Waals surface area contributed by atoms with Crippen molar-refractivity contribution < 1.29 is 14.3 Å². The minimum atomic E-state index is -0.473. The first-order valence-corrected chi connectivity index (χ1v) is 7.45. The van der Waals surface area contributed by atoms with E-state index in [0.29, 0.717) is 27.0 Å². The summed E-state index contributed by atoms with van der Waals surface area (Å²) < 4.78 is 5.35. The third-order valence-electron chi connectivity index (χ3n) is 2.92. The van der Waals surface area contributed by atoms with Gasteiger partial charge in [0, 0.05) is 11.8 Å². The van der Waals surface area contributed by atoms with Crippen molar-refractivity contribution in [3.05, 3.63) is 58.1 Å². The molecule has 7 heteroatoms. The van der Waals surface area contributed by atoms with Crippen molar-refractivity contribution in [1.82, 2.24) is 0 Å². The maximum Gasteiger partial charge on any atom is 0.262 e. The third-order valence-corrected chi connectivity index (χ3v) is 3.66. The van der Waals surface area contributed by atoms with Gasteiger partial charge in [0.05, 0.1) is 16.5 Å². The third kappa shape index (κ3) is 5.16. The van der Waals surface area contributed by atoms with Crippen LogP contribution in [0.25, 0.3) is 0 Å². The number of carbonyl (C=O) groups is 2. The molecule has 0 bridgehead atoms. The van der Waals surface area contributed by atoms with Gasteiger partial charge in [0.1, 0.15) is 5.75 Å². The fraction of sp³-hybridized carbons (Fsp3) is 0.125. The SMILES string of the molecule is NC(=O)Cc1ccccc1NC(=O)COc1ccc(Cl)c(Cl)c1. The molecule has 0 atom stereocenters. The van der Waals surface area contributed by atoms with Gasteiger partial charge in [-0.25, -0.2) is 0 Å². The van der Waals surface area contributed by atoms with Gasteiger partial charge in [0.15, 0.2) is 6.61 Å². The number of carbonyl (C=O) groups excluding carboxylic acids is 2. The topological polar surface area (TPSA) is 81.4 Å². The molecule has 2 amide bonds. The fourth-order valence-corrected chi connectivity index (χ4v) is 2.17. The highest BCUT2D eigenvalue weighted by Gasteiger charge is 2.09. The lowest BCUT2D eigenvalue weighted by molar-refractivity contribution is -0.118. The molecule has 0 aliphatic carbocycles. The minimum absolute atomic E-state index is 0.0457. The number of anilines is 1. The highest BCUT2D eigenvalue weighted by molar-refractivity contribution is 6.42. The van der Waals surface area contributed by atoms with Gasteiger partial charge in [-0.2, -0.15) is 0 Å². The number of hydrogen-bond donors (Lipinski definition) is 2. The largest absolute Gasteiger partial charge is 0.484 e. The molecule has 0 heterocycles. The Kier molecular flexibility index (Phi) is 5.84. The number of halogens is 2. The molecule has 0 unspecified atom stereocenters. The molecule has 2 rings (SSSR count). The number of para-hydroxylation sites is 1. The molecule has 2 aromatic rings. The lowest BCUT2D eigenvalue weighted by Crippen LogP contribution is -2.22. The van der Waals surface area contributed by atoms with E-state index < -0.39 is 5.91 Å². The summed E-state index contributed by atoms with van der Waals surface area (Å²) in [4.78, 5) is 23.0. The summed E-state index contributed by atoms with van der Waals surface area (Å²) in [7, 11) is 0. The second kappa shape index (κ2) is 7.85. The summed E-state index contributed by atoms with van der Waals surface area (Å²) in [5.74, 6) is -0.410. The van der Waals surface area contributed by atoms with E-state index in [9.17, 15) is 9.59 Å². The molecule has 5 nitrogen and oxygen atoms in total. The molecule has 0 aliphatic rings. The lowest BCUT2D eigenvalue weighted by atomic mass is 10.1. The first kappa shape index (κ1) is 17.1. The van der Waals surface area contributed by atoms with Gasteiger partial charge in [-0.3, -0.25) is 9.59 Å².